The molecule has 116 valence electrons. The van der Waals surface area contributed by atoms with Gasteiger partial charge in [0.05, 0.1) is 24.2 Å². The van der Waals surface area contributed by atoms with Crippen LogP contribution in [0.25, 0.3) is 11.1 Å². The number of hydrogen-bond donors (Lipinski definition) is 0. The average molecular weight is 316 g/mol. The van der Waals surface area contributed by atoms with Gasteiger partial charge in [-0.05, 0) is 30.2 Å². The molecule has 0 saturated carbocycles. The lowest BCUT2D eigenvalue weighted by molar-refractivity contribution is 0.415. The first-order valence-corrected chi connectivity index (χ1v) is 8.54. The fraction of sp³-hybridized carbons (Fsp3) is 0.294. The molecular weight excluding hydrogens is 296 g/mol. The van der Waals surface area contributed by atoms with Crippen LogP contribution in [0.3, 0.4) is 0 Å². The van der Waals surface area contributed by atoms with Crippen molar-refractivity contribution in [1.29, 1.82) is 0 Å². The summed E-state index contributed by atoms with van der Waals surface area (Å²) in [6.07, 6.45) is 5.24. The largest absolute Gasteiger partial charge is 0.591 e. The van der Waals surface area contributed by atoms with Crippen molar-refractivity contribution in [3.8, 4) is 16.9 Å². The quantitative estimate of drug-likeness (QED) is 0.579. The van der Waals surface area contributed by atoms with E-state index in [0.29, 0.717) is 5.75 Å². The predicted octanol–water partition coefficient (Wildman–Crippen LogP) is 3.64. The fourth-order valence-corrected chi connectivity index (χ4v) is 2.82. The summed E-state index contributed by atoms with van der Waals surface area (Å²) in [7, 11) is 1.64. The van der Waals surface area contributed by atoms with E-state index in [0.717, 1.165) is 35.4 Å². The Kier molecular flexibility index (Phi) is 6.43. The molecule has 1 heterocycles. The zero-order chi connectivity index (χ0) is 15.8. The average Bonchev–Trinajstić information content (AvgIpc) is 2.58. The van der Waals surface area contributed by atoms with Crippen LogP contribution >= 0.6 is 0 Å². The molecule has 0 radical (unpaired) electrons. The number of hydrogen-bond acceptors (Lipinski definition) is 4. The highest BCUT2D eigenvalue weighted by molar-refractivity contribution is 7.90. The summed E-state index contributed by atoms with van der Waals surface area (Å²) in [5.74, 6) is 1.40. The van der Waals surface area contributed by atoms with Gasteiger partial charge in [0.15, 0.2) is 0 Å². The summed E-state index contributed by atoms with van der Waals surface area (Å²) in [6, 6.07) is 11.6. The van der Waals surface area contributed by atoms with Crippen LogP contribution in [0.2, 0.25) is 0 Å². The Bertz CT molecular complexity index is 614. The Hall–Kier alpha value is -1.85. The second-order valence-electron chi connectivity index (χ2n) is 4.78. The molecule has 22 heavy (non-hydrogen) atoms. The van der Waals surface area contributed by atoms with Crippen molar-refractivity contribution in [3.05, 3.63) is 48.3 Å². The number of aromatic nitrogens is 1. The lowest BCUT2D eigenvalue weighted by atomic mass is 10.0. The zero-order valence-corrected chi connectivity index (χ0v) is 13.7. The minimum absolute atomic E-state index is 0.595. The zero-order valence-electron chi connectivity index (χ0n) is 12.9. The van der Waals surface area contributed by atoms with Gasteiger partial charge in [-0.25, -0.2) is 0 Å². The Balaban J connectivity index is 2.20. The van der Waals surface area contributed by atoms with Crippen LogP contribution in [0.4, 0.5) is 0 Å². The third-order valence-electron chi connectivity index (χ3n) is 3.20. The maximum absolute atomic E-state index is 11.8. The number of rotatable bonds is 7. The van der Waals surface area contributed by atoms with Crippen molar-refractivity contribution < 1.29 is 9.29 Å². The maximum Gasteiger partial charge on any atom is 0.133 e. The molecular formula is C17H20N2O2S. The highest BCUT2D eigenvalue weighted by atomic mass is 32.2. The first kappa shape index (κ1) is 16.5. The van der Waals surface area contributed by atoms with Crippen molar-refractivity contribution in [2.45, 2.75) is 19.8 Å². The molecule has 2 aromatic rings. The highest BCUT2D eigenvalue weighted by Crippen LogP contribution is 2.23. The summed E-state index contributed by atoms with van der Waals surface area (Å²) in [5.41, 5.74) is 2.70. The van der Waals surface area contributed by atoms with E-state index in [4.69, 9.17) is 4.74 Å². The van der Waals surface area contributed by atoms with Gasteiger partial charge in [0.2, 0.25) is 0 Å². The van der Waals surface area contributed by atoms with E-state index >= 15 is 0 Å². The van der Waals surface area contributed by atoms with E-state index in [9.17, 15) is 4.55 Å². The lowest BCUT2D eigenvalue weighted by Gasteiger charge is -2.06. The van der Waals surface area contributed by atoms with E-state index in [-0.39, 0.29) is 0 Å². The van der Waals surface area contributed by atoms with Crippen LogP contribution in [0.1, 0.15) is 25.5 Å². The Morgan fingerprint density at radius 1 is 1.27 bits per heavy atom. The van der Waals surface area contributed by atoms with E-state index in [1.54, 1.807) is 19.5 Å². The normalized spacial score (nSPS) is 12.5. The number of ether oxygens (including phenoxy) is 1. The molecule has 0 aliphatic heterocycles. The standard InChI is InChI=1S/C17H20N2O2S/c1-3-4-12-22(20)19-13-17-16(6-5-11-18-17)14-7-9-15(21-2)10-8-14/h5-11,13H,3-4,12H2,1-2H3/b19-13-/t22-/m0/s1. The number of pyridine rings is 1. The summed E-state index contributed by atoms with van der Waals surface area (Å²) >= 11 is -1.18. The molecule has 0 aliphatic carbocycles. The summed E-state index contributed by atoms with van der Waals surface area (Å²) in [5, 5.41) is 0. The summed E-state index contributed by atoms with van der Waals surface area (Å²) in [6.45, 7) is 2.07. The monoisotopic (exact) mass is 316 g/mol. The maximum atomic E-state index is 11.8. The molecule has 1 aromatic heterocycles. The fourth-order valence-electron chi connectivity index (χ4n) is 1.96. The Morgan fingerprint density at radius 3 is 2.73 bits per heavy atom. The topological polar surface area (TPSA) is 57.5 Å². The Morgan fingerprint density at radius 2 is 2.05 bits per heavy atom. The molecule has 1 aromatic carbocycles. The van der Waals surface area contributed by atoms with E-state index in [2.05, 4.69) is 16.3 Å². The van der Waals surface area contributed by atoms with Crippen molar-refractivity contribution in [3.63, 3.8) is 0 Å². The van der Waals surface area contributed by atoms with Gasteiger partial charge >= 0.3 is 0 Å². The minimum Gasteiger partial charge on any atom is -0.591 e. The highest BCUT2D eigenvalue weighted by Gasteiger charge is 2.07. The molecule has 0 amide bonds. The molecule has 2 rings (SSSR count). The van der Waals surface area contributed by atoms with E-state index in [1.807, 2.05) is 36.4 Å². The van der Waals surface area contributed by atoms with E-state index in [1.165, 1.54) is 0 Å². The van der Waals surface area contributed by atoms with Crippen molar-refractivity contribution in [1.82, 2.24) is 4.98 Å². The van der Waals surface area contributed by atoms with Crippen LogP contribution in [0.15, 0.2) is 47.0 Å². The van der Waals surface area contributed by atoms with Crippen LogP contribution < -0.4 is 4.74 Å². The number of unbranched alkanes of at least 4 members (excludes halogenated alkanes) is 1. The third kappa shape index (κ3) is 4.58. The first-order chi connectivity index (χ1) is 10.7. The molecule has 5 heteroatoms. The van der Waals surface area contributed by atoms with Gasteiger partial charge in [0.1, 0.15) is 17.7 Å². The van der Waals surface area contributed by atoms with Crippen molar-refractivity contribution in [2.24, 2.45) is 4.40 Å². The van der Waals surface area contributed by atoms with Gasteiger partial charge in [-0.15, -0.1) is 0 Å². The second-order valence-corrected chi connectivity index (χ2v) is 6.04. The number of methoxy groups -OCH3 is 1. The van der Waals surface area contributed by atoms with Crippen LogP contribution in [-0.2, 0) is 11.4 Å². The van der Waals surface area contributed by atoms with Crippen molar-refractivity contribution in [2.75, 3.05) is 12.9 Å². The van der Waals surface area contributed by atoms with Gasteiger partial charge < -0.3 is 9.29 Å². The molecule has 0 saturated heterocycles. The Labute approximate surface area is 134 Å². The SMILES string of the molecule is CCCC[S@+]([O-])/N=C\c1ncccc1-c1ccc(OC)cc1. The summed E-state index contributed by atoms with van der Waals surface area (Å²) in [4.78, 5) is 4.33. The smallest absolute Gasteiger partial charge is 0.133 e. The number of nitrogens with zero attached hydrogens (tertiary/aromatic N) is 2. The third-order valence-corrected chi connectivity index (χ3v) is 4.18. The molecule has 0 spiro atoms. The molecule has 0 N–H and O–H groups in total. The molecule has 1 atom stereocenters. The van der Waals surface area contributed by atoms with Gasteiger partial charge in [0, 0.05) is 11.8 Å². The molecule has 0 unspecified atom stereocenters. The molecule has 0 fully saturated rings. The van der Waals surface area contributed by atoms with Gasteiger partial charge in [-0.1, -0.05) is 35.9 Å². The van der Waals surface area contributed by atoms with Gasteiger partial charge in [-0.3, -0.25) is 4.98 Å². The lowest BCUT2D eigenvalue weighted by Crippen LogP contribution is -2.03. The van der Waals surface area contributed by atoms with Crippen LogP contribution in [0.5, 0.6) is 5.75 Å². The van der Waals surface area contributed by atoms with Gasteiger partial charge in [-0.2, -0.15) is 0 Å². The van der Waals surface area contributed by atoms with Gasteiger partial charge in [0.25, 0.3) is 0 Å². The molecule has 0 aliphatic rings. The summed E-state index contributed by atoms with van der Waals surface area (Å²) < 4.78 is 21.1. The van der Waals surface area contributed by atoms with E-state index < -0.39 is 11.4 Å². The minimum atomic E-state index is -1.18. The van der Waals surface area contributed by atoms with Crippen LogP contribution in [0, 0.1) is 0 Å². The number of benzene rings is 1. The van der Waals surface area contributed by atoms with Crippen molar-refractivity contribution >= 4 is 17.6 Å². The second kappa shape index (κ2) is 8.56. The van der Waals surface area contributed by atoms with Crippen LogP contribution in [-0.4, -0.2) is 28.6 Å². The molecule has 0 bridgehead atoms. The predicted molar refractivity (Wildman–Crippen MR) is 91.7 cm³/mol. The molecule has 4 nitrogen and oxygen atoms in total. The first-order valence-electron chi connectivity index (χ1n) is 7.26.